The fraction of sp³-hybridized carbons (Fsp3) is 0.500. The average Bonchev–Trinajstić information content (AvgIpc) is 2.23. The summed E-state index contributed by atoms with van der Waals surface area (Å²) in [7, 11) is -3.36. The standard InChI is InChI=1S/C12H18BrNO3S/c1-4-17-5-6-18(15,16)14-12-9(2)7-11(13)8-10(12)3/h7-8,14H,4-6H2,1-3H3. The molecule has 1 aromatic rings. The van der Waals surface area contributed by atoms with Gasteiger partial charge in [0.25, 0.3) is 0 Å². The number of rotatable bonds is 6. The van der Waals surface area contributed by atoms with Crippen LogP contribution in [-0.4, -0.2) is 27.4 Å². The van der Waals surface area contributed by atoms with E-state index in [4.69, 9.17) is 4.74 Å². The molecular weight excluding hydrogens is 318 g/mol. The van der Waals surface area contributed by atoms with E-state index in [-0.39, 0.29) is 12.4 Å². The second kappa shape index (κ2) is 6.54. The maximum Gasteiger partial charge on any atom is 0.235 e. The van der Waals surface area contributed by atoms with Crippen molar-refractivity contribution in [3.8, 4) is 0 Å². The molecule has 0 atom stereocenters. The molecule has 18 heavy (non-hydrogen) atoms. The molecule has 1 N–H and O–H groups in total. The SMILES string of the molecule is CCOCCS(=O)(=O)Nc1c(C)cc(Br)cc1C. The molecule has 0 aliphatic carbocycles. The maximum absolute atomic E-state index is 11.9. The van der Waals surface area contributed by atoms with Gasteiger partial charge in [0, 0.05) is 11.1 Å². The van der Waals surface area contributed by atoms with Crippen molar-refractivity contribution >= 4 is 31.6 Å². The van der Waals surface area contributed by atoms with Gasteiger partial charge in [-0.3, -0.25) is 4.72 Å². The molecule has 4 nitrogen and oxygen atoms in total. The van der Waals surface area contributed by atoms with Gasteiger partial charge in [-0.05, 0) is 44.0 Å². The summed E-state index contributed by atoms with van der Waals surface area (Å²) in [6.07, 6.45) is 0. The number of benzene rings is 1. The van der Waals surface area contributed by atoms with Crippen LogP contribution in [0.5, 0.6) is 0 Å². The molecule has 0 spiro atoms. The minimum absolute atomic E-state index is 0.0320. The monoisotopic (exact) mass is 335 g/mol. The quantitative estimate of drug-likeness (QED) is 0.813. The van der Waals surface area contributed by atoms with Crippen molar-refractivity contribution in [1.82, 2.24) is 0 Å². The zero-order valence-corrected chi connectivity index (χ0v) is 13.2. The van der Waals surface area contributed by atoms with Gasteiger partial charge in [-0.2, -0.15) is 0 Å². The van der Waals surface area contributed by atoms with Crippen molar-refractivity contribution in [2.75, 3.05) is 23.7 Å². The predicted molar refractivity (Wildman–Crippen MR) is 77.5 cm³/mol. The van der Waals surface area contributed by atoms with Crippen molar-refractivity contribution in [1.29, 1.82) is 0 Å². The van der Waals surface area contributed by atoms with Crippen molar-refractivity contribution in [3.05, 3.63) is 27.7 Å². The molecule has 0 bridgehead atoms. The Morgan fingerprint density at radius 1 is 1.28 bits per heavy atom. The lowest BCUT2D eigenvalue weighted by Crippen LogP contribution is -2.21. The molecule has 0 aromatic heterocycles. The third-order valence-electron chi connectivity index (χ3n) is 2.46. The number of nitrogens with one attached hydrogen (secondary N) is 1. The van der Waals surface area contributed by atoms with Crippen LogP contribution in [0.3, 0.4) is 0 Å². The Kier molecular flexibility index (Phi) is 5.62. The summed E-state index contributed by atoms with van der Waals surface area (Å²) < 4.78 is 32.3. The summed E-state index contributed by atoms with van der Waals surface area (Å²) in [6.45, 7) is 6.31. The van der Waals surface area contributed by atoms with Crippen molar-refractivity contribution in [2.24, 2.45) is 0 Å². The van der Waals surface area contributed by atoms with Crippen LogP contribution in [0.4, 0.5) is 5.69 Å². The maximum atomic E-state index is 11.9. The molecule has 0 heterocycles. The Hall–Kier alpha value is -0.590. The minimum atomic E-state index is -3.36. The molecule has 0 aliphatic heterocycles. The number of hydrogen-bond acceptors (Lipinski definition) is 3. The summed E-state index contributed by atoms with van der Waals surface area (Å²) in [5, 5.41) is 0. The van der Waals surface area contributed by atoms with Crippen molar-refractivity contribution in [3.63, 3.8) is 0 Å². The topological polar surface area (TPSA) is 55.4 Å². The van der Waals surface area contributed by atoms with E-state index >= 15 is 0 Å². The molecule has 0 fully saturated rings. The molecule has 0 unspecified atom stereocenters. The number of ether oxygens (including phenoxy) is 1. The average molecular weight is 336 g/mol. The minimum Gasteiger partial charge on any atom is -0.381 e. The Morgan fingerprint density at radius 2 is 1.83 bits per heavy atom. The first-order valence-corrected chi connectivity index (χ1v) is 8.15. The van der Waals surface area contributed by atoms with E-state index in [1.807, 2.05) is 32.9 Å². The van der Waals surface area contributed by atoms with Crippen molar-refractivity contribution < 1.29 is 13.2 Å². The first kappa shape index (κ1) is 15.5. The first-order chi connectivity index (χ1) is 8.35. The Labute approximate surface area is 117 Å². The van der Waals surface area contributed by atoms with Gasteiger partial charge in [0.05, 0.1) is 18.0 Å². The number of aryl methyl sites for hydroxylation is 2. The third kappa shape index (κ3) is 4.59. The van der Waals surface area contributed by atoms with E-state index in [0.29, 0.717) is 12.3 Å². The lowest BCUT2D eigenvalue weighted by molar-refractivity contribution is 0.163. The zero-order chi connectivity index (χ0) is 13.8. The molecule has 1 rings (SSSR count). The zero-order valence-electron chi connectivity index (χ0n) is 10.8. The molecule has 0 saturated heterocycles. The van der Waals surface area contributed by atoms with Crippen LogP contribution in [-0.2, 0) is 14.8 Å². The van der Waals surface area contributed by atoms with Crippen LogP contribution >= 0.6 is 15.9 Å². The van der Waals surface area contributed by atoms with Crippen LogP contribution in [0, 0.1) is 13.8 Å². The van der Waals surface area contributed by atoms with E-state index in [9.17, 15) is 8.42 Å². The van der Waals surface area contributed by atoms with Gasteiger partial charge in [-0.15, -0.1) is 0 Å². The van der Waals surface area contributed by atoms with Crippen LogP contribution in [0.2, 0.25) is 0 Å². The number of sulfonamides is 1. The third-order valence-corrected chi connectivity index (χ3v) is 4.13. The van der Waals surface area contributed by atoms with Gasteiger partial charge in [-0.1, -0.05) is 15.9 Å². The Balaban J connectivity index is 2.84. The van der Waals surface area contributed by atoms with E-state index in [1.165, 1.54) is 0 Å². The first-order valence-electron chi connectivity index (χ1n) is 5.70. The summed E-state index contributed by atoms with van der Waals surface area (Å²) in [4.78, 5) is 0. The van der Waals surface area contributed by atoms with Gasteiger partial charge in [0.1, 0.15) is 0 Å². The van der Waals surface area contributed by atoms with E-state index in [0.717, 1.165) is 15.6 Å². The largest absolute Gasteiger partial charge is 0.381 e. The number of halogens is 1. The highest BCUT2D eigenvalue weighted by Gasteiger charge is 2.13. The molecule has 0 amide bonds. The van der Waals surface area contributed by atoms with Crippen LogP contribution < -0.4 is 4.72 Å². The van der Waals surface area contributed by atoms with Gasteiger partial charge >= 0.3 is 0 Å². The molecular formula is C12H18BrNO3S. The van der Waals surface area contributed by atoms with Crippen molar-refractivity contribution in [2.45, 2.75) is 20.8 Å². The second-order valence-electron chi connectivity index (χ2n) is 4.03. The van der Waals surface area contributed by atoms with Gasteiger partial charge in [0.2, 0.25) is 10.0 Å². The van der Waals surface area contributed by atoms with E-state index in [2.05, 4.69) is 20.7 Å². The molecule has 6 heteroatoms. The highest BCUT2D eigenvalue weighted by atomic mass is 79.9. The highest BCUT2D eigenvalue weighted by molar-refractivity contribution is 9.10. The highest BCUT2D eigenvalue weighted by Crippen LogP contribution is 2.25. The smallest absolute Gasteiger partial charge is 0.235 e. The molecule has 1 aromatic carbocycles. The van der Waals surface area contributed by atoms with E-state index < -0.39 is 10.0 Å². The fourth-order valence-electron chi connectivity index (χ4n) is 1.59. The van der Waals surface area contributed by atoms with Crippen LogP contribution in [0.25, 0.3) is 0 Å². The van der Waals surface area contributed by atoms with Crippen LogP contribution in [0.15, 0.2) is 16.6 Å². The normalized spacial score (nSPS) is 11.6. The fourth-order valence-corrected chi connectivity index (χ4v) is 3.35. The summed E-state index contributed by atoms with van der Waals surface area (Å²) in [5.41, 5.74) is 2.43. The summed E-state index contributed by atoms with van der Waals surface area (Å²) in [5.74, 6) is -0.0320. The molecule has 0 aliphatic rings. The van der Waals surface area contributed by atoms with Crippen LogP contribution in [0.1, 0.15) is 18.1 Å². The summed E-state index contributed by atoms with van der Waals surface area (Å²) in [6, 6.07) is 3.76. The van der Waals surface area contributed by atoms with E-state index in [1.54, 1.807) is 0 Å². The number of hydrogen-bond donors (Lipinski definition) is 1. The Morgan fingerprint density at radius 3 is 2.33 bits per heavy atom. The van der Waals surface area contributed by atoms with Gasteiger partial charge in [-0.25, -0.2) is 8.42 Å². The lowest BCUT2D eigenvalue weighted by atomic mass is 10.1. The number of anilines is 1. The molecule has 0 radical (unpaired) electrons. The molecule has 102 valence electrons. The Bertz CT molecular complexity index is 491. The summed E-state index contributed by atoms with van der Waals surface area (Å²) >= 11 is 3.38. The van der Waals surface area contributed by atoms with Gasteiger partial charge < -0.3 is 4.74 Å². The lowest BCUT2D eigenvalue weighted by Gasteiger charge is -2.13. The van der Waals surface area contributed by atoms with Gasteiger partial charge in [0.15, 0.2) is 0 Å². The second-order valence-corrected chi connectivity index (χ2v) is 6.79. The predicted octanol–water partition coefficient (Wildman–Crippen LogP) is 2.84. The molecule has 0 saturated carbocycles.